The molecule has 2 N–H and O–H groups in total. The second-order valence-electron chi connectivity index (χ2n) is 6.22. The number of fused-ring (bicyclic) bond motifs is 3. The number of amides is 1. The van der Waals surface area contributed by atoms with Crippen molar-refractivity contribution in [1.82, 2.24) is 4.90 Å². The number of nitrogens with zero attached hydrogens (tertiary/aromatic N) is 2. The number of nitrogens with one attached hydrogen (secondary N) is 1. The van der Waals surface area contributed by atoms with Gasteiger partial charge in [-0.1, -0.05) is 38.1 Å². The summed E-state index contributed by atoms with van der Waals surface area (Å²) in [5, 5.41) is 16.5. The Hall–Kier alpha value is -2.93. The maximum Gasteiger partial charge on any atom is 0.256 e. The first-order valence-electron chi connectivity index (χ1n) is 9.00. The summed E-state index contributed by atoms with van der Waals surface area (Å²) in [4.78, 5) is 25.8. The van der Waals surface area contributed by atoms with Crippen LogP contribution in [-0.2, 0) is 13.0 Å². The van der Waals surface area contributed by atoms with Gasteiger partial charge in [-0.3, -0.25) is 4.79 Å². The van der Waals surface area contributed by atoms with Gasteiger partial charge >= 0.3 is 0 Å². The van der Waals surface area contributed by atoms with Crippen LogP contribution >= 0.6 is 0 Å². The highest BCUT2D eigenvalue weighted by Crippen LogP contribution is 2.38. The van der Waals surface area contributed by atoms with Crippen molar-refractivity contribution in [2.75, 3.05) is 12.4 Å². The van der Waals surface area contributed by atoms with E-state index in [2.05, 4.69) is 10.5 Å². The predicted octanol–water partition coefficient (Wildman–Crippen LogP) is 3.43. The molecule has 0 fully saturated rings. The molecule has 7 heteroatoms. The third-order valence-electron chi connectivity index (χ3n) is 4.86. The lowest BCUT2D eigenvalue weighted by atomic mass is 9.93. The molecule has 7 nitrogen and oxygen atoms in total. The molecule has 0 aromatic heterocycles. The van der Waals surface area contributed by atoms with E-state index in [0.717, 1.165) is 11.1 Å². The molecule has 2 aliphatic heterocycles. The van der Waals surface area contributed by atoms with Gasteiger partial charge in [0.25, 0.3) is 5.91 Å². The van der Waals surface area contributed by atoms with Gasteiger partial charge in [0.05, 0.1) is 24.4 Å². The molecule has 4 rings (SSSR count). The van der Waals surface area contributed by atoms with E-state index in [1.54, 1.807) is 4.90 Å². The molecule has 142 valence electrons. The molecule has 0 bridgehead atoms. The number of rotatable bonds is 2. The maximum absolute atomic E-state index is 13.1. The minimum Gasteiger partial charge on any atom is -0.494 e. The number of ether oxygens (including phenoxy) is 1. The first-order valence-corrected chi connectivity index (χ1v) is 9.00. The van der Waals surface area contributed by atoms with Gasteiger partial charge in [0.2, 0.25) is 0 Å². The normalized spacial score (nSPS) is 20.0. The van der Waals surface area contributed by atoms with Crippen LogP contribution in [0.15, 0.2) is 41.6 Å². The lowest BCUT2D eigenvalue weighted by Crippen LogP contribution is -2.50. The Morgan fingerprint density at radius 2 is 1.93 bits per heavy atom. The quantitative estimate of drug-likeness (QED) is 0.792. The molecular weight excluding hydrogens is 346 g/mol. The summed E-state index contributed by atoms with van der Waals surface area (Å²) in [5.41, 5.74) is 3.01. The van der Waals surface area contributed by atoms with Crippen LogP contribution in [0.2, 0.25) is 0 Å². The second-order valence-corrected chi connectivity index (χ2v) is 6.22. The predicted molar refractivity (Wildman–Crippen MR) is 103 cm³/mol. The van der Waals surface area contributed by atoms with Crippen LogP contribution in [0.5, 0.6) is 5.75 Å². The lowest BCUT2D eigenvalue weighted by molar-refractivity contribution is 0.0396. The molecular formula is C20H23N3O4. The van der Waals surface area contributed by atoms with E-state index in [-0.39, 0.29) is 17.3 Å². The van der Waals surface area contributed by atoms with E-state index in [9.17, 15) is 14.8 Å². The Bertz CT molecular complexity index is 868. The number of carbonyl (C=O) groups excluding carboxylic acids is 1. The minimum atomic E-state index is -0.952. The number of hydrogen-bond donors (Lipinski definition) is 2. The number of nitroso groups, excluding NO2 is 1. The molecule has 0 saturated carbocycles. The summed E-state index contributed by atoms with van der Waals surface area (Å²) in [5.74, 6) is 0.0172. The molecule has 0 saturated heterocycles. The van der Waals surface area contributed by atoms with E-state index in [1.807, 2.05) is 38.1 Å². The average molecular weight is 369 g/mol. The molecule has 2 aliphatic rings. The first-order chi connectivity index (χ1) is 13.1. The number of carbonyl (C=O) groups is 1. The molecule has 1 amide bonds. The summed E-state index contributed by atoms with van der Waals surface area (Å²) < 4.78 is 5.16. The van der Waals surface area contributed by atoms with E-state index < -0.39 is 12.3 Å². The zero-order valence-corrected chi connectivity index (χ0v) is 15.6. The number of benzene rings is 2. The Kier molecular flexibility index (Phi) is 5.41. The molecule has 2 aromatic carbocycles. The lowest BCUT2D eigenvalue weighted by Gasteiger charge is -2.37. The van der Waals surface area contributed by atoms with Crippen molar-refractivity contribution in [2.45, 2.75) is 39.1 Å². The van der Waals surface area contributed by atoms with Crippen molar-refractivity contribution in [3.8, 4) is 5.75 Å². The summed E-state index contributed by atoms with van der Waals surface area (Å²) in [6.45, 7) is 4.42. The SMILES string of the molecule is CC.COc1cc2c(cc1N=O)NC(O)C1Cc3ccccc3CN1C2=O. The van der Waals surface area contributed by atoms with Crippen LogP contribution in [0.25, 0.3) is 0 Å². The molecule has 2 unspecified atom stereocenters. The maximum atomic E-state index is 13.1. The van der Waals surface area contributed by atoms with Gasteiger partial charge in [0.1, 0.15) is 12.0 Å². The largest absolute Gasteiger partial charge is 0.494 e. The van der Waals surface area contributed by atoms with Crippen molar-refractivity contribution in [3.63, 3.8) is 0 Å². The Labute approximate surface area is 157 Å². The number of methoxy groups -OCH3 is 1. The standard InChI is InChI=1S/C18H17N3O4.C2H6/c1-25-16-7-12-13(8-14(16)20-24)19-17(22)15-6-10-4-2-3-5-11(10)9-21(15)18(12)23;1-2/h2-5,7-8,15,17,19,22H,6,9H2,1H3;1-2H3. The van der Waals surface area contributed by atoms with Gasteiger partial charge in [-0.05, 0) is 34.9 Å². The number of aliphatic hydroxyl groups excluding tert-OH is 1. The zero-order valence-electron chi connectivity index (χ0n) is 15.6. The van der Waals surface area contributed by atoms with E-state index >= 15 is 0 Å². The van der Waals surface area contributed by atoms with Crippen LogP contribution in [0, 0.1) is 4.91 Å². The summed E-state index contributed by atoms with van der Waals surface area (Å²) in [6, 6.07) is 10.4. The van der Waals surface area contributed by atoms with Crippen molar-refractivity contribution in [3.05, 3.63) is 58.0 Å². The van der Waals surface area contributed by atoms with E-state index in [0.29, 0.717) is 24.2 Å². The highest BCUT2D eigenvalue weighted by molar-refractivity contribution is 6.02. The van der Waals surface area contributed by atoms with Crippen LogP contribution < -0.4 is 10.1 Å². The molecule has 2 atom stereocenters. The molecule has 2 heterocycles. The summed E-state index contributed by atoms with van der Waals surface area (Å²) >= 11 is 0. The monoisotopic (exact) mass is 369 g/mol. The zero-order chi connectivity index (χ0) is 19.6. The third kappa shape index (κ3) is 3.26. The third-order valence-corrected chi connectivity index (χ3v) is 4.86. The van der Waals surface area contributed by atoms with E-state index in [4.69, 9.17) is 4.74 Å². The fourth-order valence-corrected chi connectivity index (χ4v) is 3.56. The minimum absolute atomic E-state index is 0.0805. The second kappa shape index (κ2) is 7.75. The Morgan fingerprint density at radius 1 is 1.22 bits per heavy atom. The van der Waals surface area contributed by atoms with Gasteiger partial charge in [-0.25, -0.2) is 0 Å². The van der Waals surface area contributed by atoms with Gasteiger partial charge in [-0.15, -0.1) is 4.91 Å². The van der Waals surface area contributed by atoms with Crippen molar-refractivity contribution in [1.29, 1.82) is 0 Å². The van der Waals surface area contributed by atoms with Crippen LogP contribution in [0.1, 0.15) is 35.3 Å². The topological polar surface area (TPSA) is 91.2 Å². The highest BCUT2D eigenvalue weighted by Gasteiger charge is 2.39. The van der Waals surface area contributed by atoms with Crippen LogP contribution in [0.3, 0.4) is 0 Å². The van der Waals surface area contributed by atoms with Gasteiger partial charge in [0, 0.05) is 6.54 Å². The molecule has 0 radical (unpaired) electrons. The fraction of sp³-hybridized carbons (Fsp3) is 0.350. The number of aliphatic hydroxyl groups is 1. The smallest absolute Gasteiger partial charge is 0.256 e. The van der Waals surface area contributed by atoms with Crippen LogP contribution in [0.4, 0.5) is 11.4 Å². The number of anilines is 1. The van der Waals surface area contributed by atoms with Gasteiger partial charge < -0.3 is 20.1 Å². The molecule has 27 heavy (non-hydrogen) atoms. The van der Waals surface area contributed by atoms with Crippen LogP contribution in [-0.4, -0.2) is 35.3 Å². The average Bonchev–Trinajstić information content (AvgIpc) is 2.81. The first kappa shape index (κ1) is 18.8. The van der Waals surface area contributed by atoms with Crippen molar-refractivity contribution >= 4 is 17.3 Å². The summed E-state index contributed by atoms with van der Waals surface area (Å²) in [6.07, 6.45) is -0.397. The Balaban J connectivity index is 0.00000102. The fourth-order valence-electron chi connectivity index (χ4n) is 3.56. The van der Waals surface area contributed by atoms with Crippen molar-refractivity contribution < 1.29 is 14.6 Å². The van der Waals surface area contributed by atoms with Gasteiger partial charge in [-0.2, -0.15) is 0 Å². The molecule has 0 spiro atoms. The van der Waals surface area contributed by atoms with Gasteiger partial charge in [0.15, 0.2) is 5.69 Å². The molecule has 0 aliphatic carbocycles. The number of hydrogen-bond acceptors (Lipinski definition) is 6. The van der Waals surface area contributed by atoms with E-state index in [1.165, 1.54) is 19.2 Å². The Morgan fingerprint density at radius 3 is 2.59 bits per heavy atom. The summed E-state index contributed by atoms with van der Waals surface area (Å²) in [7, 11) is 1.42. The molecule has 2 aromatic rings. The van der Waals surface area contributed by atoms with Crippen molar-refractivity contribution in [2.24, 2.45) is 5.18 Å². The highest BCUT2D eigenvalue weighted by atomic mass is 16.5.